The molecule has 4 aromatic rings. The lowest BCUT2D eigenvalue weighted by Crippen LogP contribution is -2.11. The van der Waals surface area contributed by atoms with Gasteiger partial charge >= 0.3 is 0 Å². The van der Waals surface area contributed by atoms with Crippen LogP contribution in [0.4, 0.5) is 5.13 Å². The maximum atomic E-state index is 12.7. The fourth-order valence-electron chi connectivity index (χ4n) is 3.27. The number of nitrogens with zero attached hydrogens (tertiary/aromatic N) is 1. The van der Waals surface area contributed by atoms with Crippen molar-refractivity contribution < 1.29 is 19.0 Å². The summed E-state index contributed by atoms with van der Waals surface area (Å²) >= 11 is 1.40. The number of benzene rings is 2. The van der Waals surface area contributed by atoms with Crippen molar-refractivity contribution >= 4 is 33.3 Å². The van der Waals surface area contributed by atoms with Crippen LogP contribution in [0.5, 0.6) is 17.2 Å². The van der Waals surface area contributed by atoms with Crippen LogP contribution in [0.3, 0.4) is 0 Å². The maximum absolute atomic E-state index is 12.7. The Hall–Kier alpha value is -3.52. The summed E-state index contributed by atoms with van der Waals surface area (Å²) < 4.78 is 16.3. The summed E-state index contributed by atoms with van der Waals surface area (Å²) in [6.07, 6.45) is 0. The predicted octanol–water partition coefficient (Wildman–Crippen LogP) is 4.88. The van der Waals surface area contributed by atoms with E-state index < -0.39 is 0 Å². The fourth-order valence-corrected chi connectivity index (χ4v) is 4.10. The monoisotopic (exact) mass is 423 g/mol. The molecule has 0 spiro atoms. The minimum Gasteiger partial charge on any atom is -0.496 e. The Kier molecular flexibility index (Phi) is 5.33. The highest BCUT2D eigenvalue weighted by atomic mass is 32.1. The summed E-state index contributed by atoms with van der Waals surface area (Å²) in [5.41, 5.74) is 2.86. The van der Waals surface area contributed by atoms with Crippen molar-refractivity contribution in [2.75, 3.05) is 26.6 Å². The van der Waals surface area contributed by atoms with Gasteiger partial charge in [0.25, 0.3) is 5.91 Å². The number of thiazole rings is 1. The van der Waals surface area contributed by atoms with Gasteiger partial charge in [-0.15, -0.1) is 11.3 Å². The number of para-hydroxylation sites is 1. The molecule has 0 saturated heterocycles. The topological polar surface area (TPSA) is 85.5 Å². The molecular weight excluding hydrogens is 402 g/mol. The molecule has 1 amide bonds. The smallest absolute Gasteiger partial charge is 0.273 e. The average molecular weight is 423 g/mol. The molecule has 154 valence electrons. The predicted molar refractivity (Wildman–Crippen MR) is 118 cm³/mol. The summed E-state index contributed by atoms with van der Waals surface area (Å²) in [5, 5.41) is 4.36. The highest BCUT2D eigenvalue weighted by Gasteiger charge is 2.20. The summed E-state index contributed by atoms with van der Waals surface area (Å²) in [6.45, 7) is 1.95. The van der Waals surface area contributed by atoms with Gasteiger partial charge in [-0.05, 0) is 25.1 Å². The van der Waals surface area contributed by atoms with Gasteiger partial charge in [-0.3, -0.25) is 10.1 Å². The number of fused-ring (bicyclic) bond motifs is 1. The molecule has 0 saturated carbocycles. The number of aromatic amines is 1. The van der Waals surface area contributed by atoms with Crippen molar-refractivity contribution in [1.82, 2.24) is 9.97 Å². The van der Waals surface area contributed by atoms with Crippen LogP contribution in [0.25, 0.3) is 22.2 Å². The first kappa shape index (κ1) is 19.8. The second-order valence-electron chi connectivity index (χ2n) is 6.56. The lowest BCUT2D eigenvalue weighted by Gasteiger charge is -2.13. The van der Waals surface area contributed by atoms with Gasteiger partial charge in [-0.1, -0.05) is 18.2 Å². The first-order valence-electron chi connectivity index (χ1n) is 9.21. The zero-order chi connectivity index (χ0) is 21.3. The molecule has 0 fully saturated rings. The van der Waals surface area contributed by atoms with Gasteiger partial charge in [0.2, 0.25) is 0 Å². The van der Waals surface area contributed by atoms with Crippen molar-refractivity contribution in [3.8, 4) is 28.5 Å². The van der Waals surface area contributed by atoms with Gasteiger partial charge in [0, 0.05) is 27.4 Å². The van der Waals surface area contributed by atoms with Crippen molar-refractivity contribution in [2.24, 2.45) is 0 Å². The van der Waals surface area contributed by atoms with Crippen LogP contribution in [0.1, 0.15) is 15.4 Å². The lowest BCUT2D eigenvalue weighted by molar-refractivity contribution is 0.102. The van der Waals surface area contributed by atoms with Crippen molar-refractivity contribution in [3.05, 3.63) is 53.0 Å². The molecule has 0 radical (unpaired) electrons. The van der Waals surface area contributed by atoms with E-state index in [1.807, 2.05) is 43.3 Å². The fraction of sp³-hybridized carbons (Fsp3) is 0.182. The molecule has 7 nitrogen and oxygen atoms in total. The zero-order valence-electron chi connectivity index (χ0n) is 17.0. The Morgan fingerprint density at radius 1 is 1.00 bits per heavy atom. The van der Waals surface area contributed by atoms with Crippen LogP contribution in [-0.4, -0.2) is 37.2 Å². The van der Waals surface area contributed by atoms with Gasteiger partial charge in [-0.25, -0.2) is 4.98 Å². The molecule has 8 heteroatoms. The van der Waals surface area contributed by atoms with Crippen molar-refractivity contribution in [3.63, 3.8) is 0 Å². The van der Waals surface area contributed by atoms with E-state index in [-0.39, 0.29) is 5.91 Å². The quantitative estimate of drug-likeness (QED) is 0.462. The van der Waals surface area contributed by atoms with Crippen molar-refractivity contribution in [1.29, 1.82) is 0 Å². The molecular formula is C22H21N3O4S. The Morgan fingerprint density at radius 2 is 1.70 bits per heavy atom. The summed E-state index contributed by atoms with van der Waals surface area (Å²) in [4.78, 5) is 21.4. The number of hydrogen-bond donors (Lipinski definition) is 2. The van der Waals surface area contributed by atoms with E-state index in [0.717, 1.165) is 21.3 Å². The normalized spacial score (nSPS) is 10.8. The van der Waals surface area contributed by atoms with E-state index in [1.54, 1.807) is 27.4 Å². The number of aromatic nitrogens is 2. The summed E-state index contributed by atoms with van der Waals surface area (Å²) in [5.74, 6) is 1.50. The number of rotatable bonds is 6. The van der Waals surface area contributed by atoms with E-state index in [2.05, 4.69) is 15.3 Å². The Bertz CT molecular complexity index is 1200. The molecule has 30 heavy (non-hydrogen) atoms. The Labute approximate surface area is 177 Å². The standard InChI is InChI=1S/C22H21N3O4S/c1-12-20(14-10-18(28-3)19(29-4)11-17(14)27-2)24-22(30-12)25-21(26)16-9-13-7-5-6-8-15(13)23-16/h5-11,23H,1-4H3,(H,24,25,26). The number of aryl methyl sites for hydroxylation is 1. The zero-order valence-corrected chi connectivity index (χ0v) is 17.8. The van der Waals surface area contributed by atoms with Crippen LogP contribution >= 0.6 is 11.3 Å². The van der Waals surface area contributed by atoms with Crippen LogP contribution in [-0.2, 0) is 0 Å². The number of anilines is 1. The molecule has 0 bridgehead atoms. The third-order valence-corrected chi connectivity index (χ3v) is 5.64. The molecule has 2 N–H and O–H groups in total. The highest BCUT2D eigenvalue weighted by Crippen LogP contribution is 2.42. The summed E-state index contributed by atoms with van der Waals surface area (Å²) in [6, 6.07) is 13.2. The van der Waals surface area contributed by atoms with E-state index in [9.17, 15) is 4.79 Å². The van der Waals surface area contributed by atoms with E-state index in [1.165, 1.54) is 11.3 Å². The van der Waals surface area contributed by atoms with E-state index >= 15 is 0 Å². The van der Waals surface area contributed by atoms with Crippen LogP contribution < -0.4 is 19.5 Å². The SMILES string of the molecule is COc1cc(OC)c(-c2nc(NC(=O)c3cc4ccccc4[nH]3)sc2C)cc1OC. The first-order chi connectivity index (χ1) is 14.5. The Morgan fingerprint density at radius 3 is 2.40 bits per heavy atom. The van der Waals surface area contributed by atoms with Crippen LogP contribution in [0.15, 0.2) is 42.5 Å². The Balaban J connectivity index is 1.66. The molecule has 0 aliphatic carbocycles. The van der Waals surface area contributed by atoms with Gasteiger partial charge < -0.3 is 19.2 Å². The lowest BCUT2D eigenvalue weighted by atomic mass is 10.1. The largest absolute Gasteiger partial charge is 0.496 e. The molecule has 0 unspecified atom stereocenters. The number of carbonyl (C=O) groups is 1. The number of nitrogens with one attached hydrogen (secondary N) is 2. The molecule has 2 aromatic carbocycles. The molecule has 0 aliphatic rings. The van der Waals surface area contributed by atoms with Crippen LogP contribution in [0, 0.1) is 6.92 Å². The molecule has 2 heterocycles. The number of carbonyl (C=O) groups excluding carboxylic acids is 1. The van der Waals surface area contributed by atoms with Gasteiger partial charge in [0.05, 0.1) is 27.0 Å². The van der Waals surface area contributed by atoms with Crippen molar-refractivity contribution in [2.45, 2.75) is 6.92 Å². The van der Waals surface area contributed by atoms with Crippen LogP contribution in [0.2, 0.25) is 0 Å². The number of H-pyrrole nitrogens is 1. The second kappa shape index (κ2) is 8.08. The average Bonchev–Trinajstić information content (AvgIpc) is 3.35. The van der Waals surface area contributed by atoms with Gasteiger partial charge in [0.1, 0.15) is 11.4 Å². The summed E-state index contributed by atoms with van der Waals surface area (Å²) in [7, 11) is 4.74. The highest BCUT2D eigenvalue weighted by molar-refractivity contribution is 7.16. The number of amides is 1. The second-order valence-corrected chi connectivity index (χ2v) is 7.76. The minimum atomic E-state index is -0.245. The molecule has 0 aliphatic heterocycles. The molecule has 4 rings (SSSR count). The molecule has 0 atom stereocenters. The van der Waals surface area contributed by atoms with E-state index in [0.29, 0.717) is 33.8 Å². The van der Waals surface area contributed by atoms with Gasteiger partial charge in [-0.2, -0.15) is 0 Å². The number of ether oxygens (including phenoxy) is 3. The third-order valence-electron chi connectivity index (χ3n) is 4.75. The third kappa shape index (κ3) is 3.57. The number of hydrogen-bond acceptors (Lipinski definition) is 6. The number of methoxy groups -OCH3 is 3. The maximum Gasteiger partial charge on any atom is 0.273 e. The minimum absolute atomic E-state index is 0.245. The van der Waals surface area contributed by atoms with E-state index in [4.69, 9.17) is 14.2 Å². The first-order valence-corrected chi connectivity index (χ1v) is 10.0. The molecule has 2 aromatic heterocycles. The van der Waals surface area contributed by atoms with Gasteiger partial charge in [0.15, 0.2) is 16.6 Å².